The second kappa shape index (κ2) is 5.29. The maximum absolute atomic E-state index is 5.74. The van der Waals surface area contributed by atoms with Crippen molar-refractivity contribution in [2.45, 2.75) is 32.7 Å². The molecular weight excluding hydrogens is 276 g/mol. The fraction of sp³-hybridized carbons (Fsp3) is 0.312. The van der Waals surface area contributed by atoms with Gasteiger partial charge in [0.05, 0.1) is 0 Å². The third-order valence-electron chi connectivity index (χ3n) is 3.63. The zero-order valence-corrected chi connectivity index (χ0v) is 13.0. The summed E-state index contributed by atoms with van der Waals surface area (Å²) < 4.78 is 1.71. The van der Waals surface area contributed by atoms with Crippen LogP contribution < -0.4 is 11.1 Å². The number of hydrogen-bond donors (Lipinski definition) is 2. The summed E-state index contributed by atoms with van der Waals surface area (Å²) >= 11 is 0. The van der Waals surface area contributed by atoms with Gasteiger partial charge >= 0.3 is 0 Å². The van der Waals surface area contributed by atoms with Crippen LogP contribution in [-0.4, -0.2) is 19.6 Å². The highest BCUT2D eigenvalue weighted by Crippen LogP contribution is 2.22. The summed E-state index contributed by atoms with van der Waals surface area (Å²) in [5.74, 6) is 1.03. The van der Waals surface area contributed by atoms with Crippen molar-refractivity contribution < 1.29 is 0 Å². The van der Waals surface area contributed by atoms with Crippen molar-refractivity contribution in [1.29, 1.82) is 0 Å². The van der Waals surface area contributed by atoms with Crippen LogP contribution in [0.4, 0.5) is 11.8 Å². The van der Waals surface area contributed by atoms with Crippen LogP contribution in [0.2, 0.25) is 0 Å². The first-order valence-corrected chi connectivity index (χ1v) is 7.23. The Labute approximate surface area is 129 Å². The number of aromatic nitrogens is 4. The number of nitrogens with zero attached hydrogens (tertiary/aromatic N) is 4. The maximum Gasteiger partial charge on any atom is 0.226 e. The monoisotopic (exact) mass is 296 g/mol. The summed E-state index contributed by atoms with van der Waals surface area (Å²) in [5.41, 5.74) is 9.04. The number of anilines is 2. The Bertz CT molecular complexity index is 782. The Morgan fingerprint density at radius 2 is 1.86 bits per heavy atom. The van der Waals surface area contributed by atoms with Gasteiger partial charge in [-0.3, -0.25) is 4.40 Å². The molecule has 6 heteroatoms. The van der Waals surface area contributed by atoms with E-state index in [2.05, 4.69) is 65.5 Å². The summed E-state index contributed by atoms with van der Waals surface area (Å²) in [4.78, 5) is 4.30. The molecule has 0 saturated carbocycles. The highest BCUT2D eigenvalue weighted by Gasteiger charge is 2.13. The van der Waals surface area contributed by atoms with Gasteiger partial charge in [-0.1, -0.05) is 45.0 Å². The molecule has 0 aliphatic carbocycles. The molecule has 0 radical (unpaired) electrons. The average Bonchev–Trinajstić information content (AvgIpc) is 2.87. The quantitative estimate of drug-likeness (QED) is 0.776. The topological polar surface area (TPSA) is 81.1 Å². The lowest BCUT2D eigenvalue weighted by Crippen LogP contribution is -2.11. The van der Waals surface area contributed by atoms with E-state index in [1.807, 2.05) is 0 Å². The molecule has 0 bridgehead atoms. The Balaban J connectivity index is 1.77. The Morgan fingerprint density at radius 3 is 2.55 bits per heavy atom. The number of hydrogen-bond acceptors (Lipinski definition) is 5. The van der Waals surface area contributed by atoms with Gasteiger partial charge in [0.25, 0.3) is 0 Å². The fourth-order valence-corrected chi connectivity index (χ4v) is 2.28. The van der Waals surface area contributed by atoms with Crippen molar-refractivity contribution in [2.24, 2.45) is 0 Å². The van der Waals surface area contributed by atoms with Gasteiger partial charge < -0.3 is 11.1 Å². The lowest BCUT2D eigenvalue weighted by molar-refractivity contribution is 0.590. The molecule has 3 N–H and O–H groups in total. The normalized spacial score (nSPS) is 11.8. The van der Waals surface area contributed by atoms with E-state index < -0.39 is 0 Å². The van der Waals surface area contributed by atoms with Crippen LogP contribution >= 0.6 is 0 Å². The van der Waals surface area contributed by atoms with Gasteiger partial charge in [-0.05, 0) is 16.5 Å². The largest absolute Gasteiger partial charge is 0.368 e. The average molecular weight is 296 g/mol. The van der Waals surface area contributed by atoms with Crippen molar-refractivity contribution in [3.63, 3.8) is 0 Å². The smallest absolute Gasteiger partial charge is 0.226 e. The maximum atomic E-state index is 5.74. The first kappa shape index (κ1) is 14.3. The van der Waals surface area contributed by atoms with E-state index in [1.54, 1.807) is 16.8 Å². The van der Waals surface area contributed by atoms with Gasteiger partial charge in [0.2, 0.25) is 11.6 Å². The minimum absolute atomic E-state index is 0.165. The molecule has 0 aliphatic heterocycles. The number of rotatable bonds is 3. The number of nitrogen functional groups attached to an aromatic ring is 1. The van der Waals surface area contributed by atoms with Crippen molar-refractivity contribution in [3.8, 4) is 0 Å². The Hall–Kier alpha value is -2.63. The number of benzene rings is 1. The molecule has 0 unspecified atom stereocenters. The van der Waals surface area contributed by atoms with E-state index in [-0.39, 0.29) is 5.41 Å². The first-order valence-electron chi connectivity index (χ1n) is 7.23. The van der Waals surface area contributed by atoms with Gasteiger partial charge in [0.1, 0.15) is 0 Å². The molecule has 3 aromatic rings. The summed E-state index contributed by atoms with van der Waals surface area (Å²) in [5, 5.41) is 11.2. The zero-order chi connectivity index (χ0) is 15.7. The molecule has 2 aromatic heterocycles. The van der Waals surface area contributed by atoms with Crippen LogP contribution in [0.3, 0.4) is 0 Å². The molecule has 0 fully saturated rings. The molecule has 1 aromatic carbocycles. The van der Waals surface area contributed by atoms with E-state index in [0.29, 0.717) is 24.0 Å². The third kappa shape index (κ3) is 2.72. The molecule has 0 aliphatic rings. The molecule has 0 spiro atoms. The molecule has 0 amide bonds. The molecular formula is C16H20N6. The van der Waals surface area contributed by atoms with Gasteiger partial charge in [-0.25, -0.2) is 4.98 Å². The first-order chi connectivity index (χ1) is 10.4. The summed E-state index contributed by atoms with van der Waals surface area (Å²) in [6.45, 7) is 7.30. The van der Waals surface area contributed by atoms with Crippen molar-refractivity contribution >= 4 is 17.4 Å². The highest BCUT2D eigenvalue weighted by molar-refractivity contribution is 5.63. The predicted octanol–water partition coefficient (Wildman–Crippen LogP) is 2.62. The van der Waals surface area contributed by atoms with E-state index in [0.717, 1.165) is 0 Å². The van der Waals surface area contributed by atoms with Crippen LogP contribution in [-0.2, 0) is 12.0 Å². The van der Waals surface area contributed by atoms with Crippen LogP contribution in [0.5, 0.6) is 0 Å². The van der Waals surface area contributed by atoms with Crippen molar-refractivity contribution in [2.75, 3.05) is 11.1 Å². The lowest BCUT2D eigenvalue weighted by Gasteiger charge is -2.19. The summed E-state index contributed by atoms with van der Waals surface area (Å²) in [6, 6.07) is 8.60. The molecule has 2 heterocycles. The van der Waals surface area contributed by atoms with Crippen LogP contribution in [0, 0.1) is 0 Å². The highest BCUT2D eigenvalue weighted by atomic mass is 15.3. The lowest BCUT2D eigenvalue weighted by atomic mass is 9.87. The SMILES string of the molecule is CC(C)(C)c1ccc(CNc2nccn3c(N)nnc23)cc1. The molecule has 114 valence electrons. The Morgan fingerprint density at radius 1 is 1.14 bits per heavy atom. The molecule has 3 rings (SSSR count). The van der Waals surface area contributed by atoms with Gasteiger partial charge in [-0.2, -0.15) is 0 Å². The molecule has 22 heavy (non-hydrogen) atoms. The molecule has 6 nitrogen and oxygen atoms in total. The predicted molar refractivity (Wildman–Crippen MR) is 87.7 cm³/mol. The van der Waals surface area contributed by atoms with E-state index in [9.17, 15) is 0 Å². The standard InChI is InChI=1S/C16H20N6/c1-16(2,3)12-6-4-11(5-7-12)10-19-13-14-20-21-15(17)22(14)9-8-18-13/h4-9H,10H2,1-3H3,(H2,17,21)(H,18,19). The van der Waals surface area contributed by atoms with E-state index in [4.69, 9.17) is 5.73 Å². The van der Waals surface area contributed by atoms with Crippen LogP contribution in [0.1, 0.15) is 31.9 Å². The summed E-state index contributed by atoms with van der Waals surface area (Å²) in [7, 11) is 0. The zero-order valence-electron chi connectivity index (χ0n) is 13.0. The number of nitrogens with two attached hydrogens (primary N) is 1. The van der Waals surface area contributed by atoms with Gasteiger partial charge in [0, 0.05) is 18.9 Å². The van der Waals surface area contributed by atoms with E-state index in [1.165, 1.54) is 11.1 Å². The second-order valence-electron chi connectivity index (χ2n) is 6.33. The fourth-order valence-electron chi connectivity index (χ4n) is 2.28. The minimum atomic E-state index is 0.165. The van der Waals surface area contributed by atoms with Crippen LogP contribution in [0.15, 0.2) is 36.7 Å². The third-order valence-corrected chi connectivity index (χ3v) is 3.63. The summed E-state index contributed by atoms with van der Waals surface area (Å²) in [6.07, 6.45) is 3.42. The molecule has 0 saturated heterocycles. The van der Waals surface area contributed by atoms with E-state index >= 15 is 0 Å². The Kier molecular flexibility index (Phi) is 3.44. The van der Waals surface area contributed by atoms with Gasteiger partial charge in [0.15, 0.2) is 5.82 Å². The van der Waals surface area contributed by atoms with Crippen LogP contribution in [0.25, 0.3) is 5.65 Å². The number of nitrogens with one attached hydrogen (secondary N) is 1. The van der Waals surface area contributed by atoms with Gasteiger partial charge in [-0.15, -0.1) is 10.2 Å². The minimum Gasteiger partial charge on any atom is -0.368 e. The second-order valence-corrected chi connectivity index (χ2v) is 6.33. The number of fused-ring (bicyclic) bond motifs is 1. The van der Waals surface area contributed by atoms with Crippen molar-refractivity contribution in [1.82, 2.24) is 19.6 Å². The van der Waals surface area contributed by atoms with Crippen molar-refractivity contribution in [3.05, 3.63) is 47.8 Å². The molecule has 0 atom stereocenters.